The standard InChI is InChI=1S/C43H61ClN4O5S/c1-5-6-20-43(52-4,29-46-22-23-47-21-9-7-8-12-36(47)27-46)38-16-13-34(38)26-48-28-42(19-10-11-32-24-35(44)15-17-37(32)42)30-53-40-18-14-33(25-39(40)48)41(49)45-54(50,51)31(2)3/h6,14-15,17-18,20,24-25,31,34,36,38H,5,7-13,16,19,21-23,26-30H2,1-4H3,(H,45,49)/b20-6+/t34-,36+,38+,42-,43-/m0/s1. The zero-order valence-corrected chi connectivity index (χ0v) is 34.4. The van der Waals surface area contributed by atoms with Gasteiger partial charge in [-0.3, -0.25) is 14.6 Å². The fourth-order valence-electron chi connectivity index (χ4n) is 10.1. The summed E-state index contributed by atoms with van der Waals surface area (Å²) in [4.78, 5) is 21.3. The quantitative estimate of drug-likeness (QED) is 0.239. The van der Waals surface area contributed by atoms with Crippen LogP contribution in [0, 0.1) is 11.8 Å². The first-order chi connectivity index (χ1) is 26.0. The Bertz CT molecular complexity index is 1800. The van der Waals surface area contributed by atoms with Crippen LogP contribution in [0.3, 0.4) is 0 Å². The number of carbonyl (C=O) groups is 1. The van der Waals surface area contributed by atoms with Crippen LogP contribution in [0.15, 0.2) is 48.6 Å². The fraction of sp³-hybridized carbons (Fsp3) is 0.651. The van der Waals surface area contributed by atoms with Crippen molar-refractivity contribution in [2.24, 2.45) is 11.8 Å². The summed E-state index contributed by atoms with van der Waals surface area (Å²) in [6.45, 7) is 12.8. The number of fused-ring (bicyclic) bond motifs is 4. The van der Waals surface area contributed by atoms with E-state index < -0.39 is 26.8 Å². The normalized spacial score (nSPS) is 27.6. The molecule has 296 valence electrons. The minimum atomic E-state index is -3.80. The molecule has 0 aromatic heterocycles. The number of rotatable bonds is 11. The van der Waals surface area contributed by atoms with Gasteiger partial charge in [0.25, 0.3) is 5.91 Å². The number of benzene rings is 2. The Morgan fingerprint density at radius 3 is 2.70 bits per heavy atom. The lowest BCUT2D eigenvalue weighted by molar-refractivity contribution is -0.0987. The monoisotopic (exact) mass is 780 g/mol. The molecule has 5 aliphatic rings. The minimum absolute atomic E-state index is 0.265. The SMILES string of the molecule is CC/C=C/[C@@](CN1CCN2CCCCC[C@@H]2C1)(OC)[C@@H]1CC[C@H]1CN1C[C@@]2(CCCc3cc(Cl)ccc32)COc2ccc(C(=O)NS(=O)(=O)C(C)C)cc21. The summed E-state index contributed by atoms with van der Waals surface area (Å²) in [6, 6.07) is 12.3. The molecular formula is C43H61ClN4O5S. The number of sulfonamides is 1. The maximum atomic E-state index is 13.4. The summed E-state index contributed by atoms with van der Waals surface area (Å²) in [7, 11) is -1.89. The molecule has 5 atom stereocenters. The molecule has 2 aliphatic carbocycles. The second-order valence-corrected chi connectivity index (χ2v) is 19.7. The van der Waals surface area contributed by atoms with Crippen LogP contribution < -0.4 is 14.4 Å². The maximum Gasteiger partial charge on any atom is 0.264 e. The molecule has 0 unspecified atom stereocenters. The molecule has 3 fully saturated rings. The zero-order valence-electron chi connectivity index (χ0n) is 32.8. The van der Waals surface area contributed by atoms with E-state index in [1.165, 1.54) is 43.4 Å². The van der Waals surface area contributed by atoms with Gasteiger partial charge in [-0.05, 0) is 125 Å². The third-order valence-electron chi connectivity index (χ3n) is 13.3. The predicted octanol–water partition coefficient (Wildman–Crippen LogP) is 7.22. The van der Waals surface area contributed by atoms with E-state index in [1.54, 1.807) is 19.9 Å². The van der Waals surface area contributed by atoms with Crippen LogP contribution in [-0.2, 0) is 26.6 Å². The second-order valence-electron chi connectivity index (χ2n) is 17.0. The van der Waals surface area contributed by atoms with Crippen molar-refractivity contribution in [1.82, 2.24) is 14.5 Å². The van der Waals surface area contributed by atoms with Gasteiger partial charge >= 0.3 is 0 Å². The van der Waals surface area contributed by atoms with E-state index in [4.69, 9.17) is 21.1 Å². The predicted molar refractivity (Wildman–Crippen MR) is 217 cm³/mol. The smallest absolute Gasteiger partial charge is 0.264 e. The van der Waals surface area contributed by atoms with Crippen molar-refractivity contribution in [2.45, 2.75) is 107 Å². The molecule has 2 saturated heterocycles. The van der Waals surface area contributed by atoms with Gasteiger partial charge in [-0.25, -0.2) is 13.1 Å². The van der Waals surface area contributed by atoms with Gasteiger partial charge in [-0.2, -0.15) is 0 Å². The lowest BCUT2D eigenvalue weighted by Crippen LogP contribution is -2.60. The summed E-state index contributed by atoms with van der Waals surface area (Å²) >= 11 is 6.52. The first-order valence-electron chi connectivity index (χ1n) is 20.5. The van der Waals surface area contributed by atoms with Crippen LogP contribution in [-0.4, -0.2) is 101 Å². The Morgan fingerprint density at radius 1 is 1.09 bits per heavy atom. The molecule has 2 aromatic carbocycles. The van der Waals surface area contributed by atoms with Crippen LogP contribution >= 0.6 is 11.6 Å². The van der Waals surface area contributed by atoms with Crippen molar-refractivity contribution in [2.75, 3.05) is 64.4 Å². The molecule has 1 saturated carbocycles. The number of anilines is 1. The molecule has 1 N–H and O–H groups in total. The van der Waals surface area contributed by atoms with E-state index in [0.717, 1.165) is 94.3 Å². The molecule has 0 bridgehead atoms. The van der Waals surface area contributed by atoms with Gasteiger partial charge in [0, 0.05) is 68.4 Å². The number of ether oxygens (including phenoxy) is 2. The number of methoxy groups -OCH3 is 1. The lowest BCUT2D eigenvalue weighted by atomic mass is 9.63. The van der Waals surface area contributed by atoms with Gasteiger partial charge in [0.2, 0.25) is 10.0 Å². The molecule has 11 heteroatoms. The second kappa shape index (κ2) is 16.5. The van der Waals surface area contributed by atoms with Crippen molar-refractivity contribution in [3.8, 4) is 5.75 Å². The molecular weight excluding hydrogens is 720 g/mol. The number of piperazine rings is 1. The molecule has 0 radical (unpaired) electrons. The van der Waals surface area contributed by atoms with Gasteiger partial charge in [0.05, 0.1) is 17.5 Å². The largest absolute Gasteiger partial charge is 0.490 e. The first-order valence-corrected chi connectivity index (χ1v) is 22.4. The highest BCUT2D eigenvalue weighted by Gasteiger charge is 2.50. The summed E-state index contributed by atoms with van der Waals surface area (Å²) in [5.41, 5.74) is 3.04. The van der Waals surface area contributed by atoms with Crippen molar-refractivity contribution in [3.63, 3.8) is 0 Å². The van der Waals surface area contributed by atoms with E-state index in [0.29, 0.717) is 30.0 Å². The van der Waals surface area contributed by atoms with E-state index in [1.807, 2.05) is 25.3 Å². The van der Waals surface area contributed by atoms with Crippen LogP contribution in [0.4, 0.5) is 5.69 Å². The highest BCUT2D eigenvalue weighted by Crippen LogP contribution is 2.49. The first kappa shape index (κ1) is 39.6. The Balaban J connectivity index is 1.21. The number of hydrogen-bond donors (Lipinski definition) is 1. The number of halogens is 1. The summed E-state index contributed by atoms with van der Waals surface area (Å²) in [5.74, 6) is 0.764. The number of hydrogen-bond acceptors (Lipinski definition) is 8. The number of amides is 1. The van der Waals surface area contributed by atoms with E-state index >= 15 is 0 Å². The third-order valence-corrected chi connectivity index (χ3v) is 15.3. The molecule has 1 amide bonds. The molecule has 3 aliphatic heterocycles. The summed E-state index contributed by atoms with van der Waals surface area (Å²) < 4.78 is 41.1. The van der Waals surface area contributed by atoms with Gasteiger partial charge in [0.1, 0.15) is 11.4 Å². The Morgan fingerprint density at radius 2 is 1.94 bits per heavy atom. The fourth-order valence-corrected chi connectivity index (χ4v) is 10.9. The average Bonchev–Trinajstić information content (AvgIpc) is 3.47. The maximum absolute atomic E-state index is 13.4. The summed E-state index contributed by atoms with van der Waals surface area (Å²) in [6.07, 6.45) is 16.1. The van der Waals surface area contributed by atoms with E-state index in [-0.39, 0.29) is 5.41 Å². The molecule has 3 heterocycles. The molecule has 54 heavy (non-hydrogen) atoms. The summed E-state index contributed by atoms with van der Waals surface area (Å²) in [5, 5.41) is 0.0255. The topological polar surface area (TPSA) is 91.4 Å². The van der Waals surface area contributed by atoms with Crippen LogP contribution in [0.25, 0.3) is 0 Å². The highest BCUT2D eigenvalue weighted by molar-refractivity contribution is 7.90. The third kappa shape index (κ3) is 8.11. The molecule has 7 rings (SSSR count). The molecule has 9 nitrogen and oxygen atoms in total. The van der Waals surface area contributed by atoms with Crippen molar-refractivity contribution < 1.29 is 22.7 Å². The van der Waals surface area contributed by atoms with E-state index in [9.17, 15) is 13.2 Å². The van der Waals surface area contributed by atoms with Gasteiger partial charge in [-0.15, -0.1) is 0 Å². The Labute approximate surface area is 328 Å². The highest BCUT2D eigenvalue weighted by atomic mass is 35.5. The molecule has 1 spiro atoms. The minimum Gasteiger partial charge on any atom is -0.490 e. The van der Waals surface area contributed by atoms with Gasteiger partial charge < -0.3 is 14.4 Å². The number of nitrogens with one attached hydrogen (secondary N) is 1. The average molecular weight is 782 g/mol. The number of nitrogens with zero attached hydrogens (tertiary/aromatic N) is 3. The van der Waals surface area contributed by atoms with Gasteiger partial charge in [0.15, 0.2) is 0 Å². The van der Waals surface area contributed by atoms with Crippen molar-refractivity contribution >= 4 is 33.2 Å². The Kier molecular flexibility index (Phi) is 12.1. The van der Waals surface area contributed by atoms with Crippen LogP contribution in [0.2, 0.25) is 5.02 Å². The van der Waals surface area contributed by atoms with Gasteiger partial charge in [-0.1, -0.05) is 49.6 Å². The Hall–Kier alpha value is -2.63. The van der Waals surface area contributed by atoms with Crippen LogP contribution in [0.5, 0.6) is 5.75 Å². The zero-order chi connectivity index (χ0) is 38.1. The number of aryl methyl sites for hydroxylation is 1. The van der Waals surface area contributed by atoms with E-state index in [2.05, 4.69) is 50.6 Å². The number of carbonyl (C=O) groups excluding carboxylic acids is 1. The lowest BCUT2D eigenvalue weighted by Gasteiger charge is -2.53. The molecule has 2 aromatic rings. The van der Waals surface area contributed by atoms with Crippen molar-refractivity contribution in [1.29, 1.82) is 0 Å². The van der Waals surface area contributed by atoms with Crippen LogP contribution in [0.1, 0.15) is 100 Å². The number of allylic oxidation sites excluding steroid dienone is 1. The van der Waals surface area contributed by atoms with Crippen molar-refractivity contribution in [3.05, 3.63) is 70.3 Å².